The number of hydrogen-bond donors (Lipinski definition) is 1. The summed E-state index contributed by atoms with van der Waals surface area (Å²) in [6.45, 7) is -0.673. The number of nitro groups is 1. The van der Waals surface area contributed by atoms with E-state index in [1.807, 2.05) is 0 Å². The summed E-state index contributed by atoms with van der Waals surface area (Å²) >= 11 is 0. The number of likely N-dealkylation sites (tertiary alicyclic amines) is 1. The van der Waals surface area contributed by atoms with Crippen molar-refractivity contribution in [2.75, 3.05) is 19.7 Å². The summed E-state index contributed by atoms with van der Waals surface area (Å²) in [5.74, 6) is -0.797. The Kier molecular flexibility index (Phi) is 5.03. The van der Waals surface area contributed by atoms with Crippen molar-refractivity contribution in [3.8, 4) is 5.75 Å². The molecule has 2 aliphatic heterocycles. The van der Waals surface area contributed by atoms with Crippen LogP contribution in [0.1, 0.15) is 29.6 Å². The lowest BCUT2D eigenvalue weighted by molar-refractivity contribution is -0.385. The van der Waals surface area contributed by atoms with Gasteiger partial charge in [-0.2, -0.15) is 13.2 Å². The van der Waals surface area contributed by atoms with Crippen molar-refractivity contribution < 1.29 is 27.6 Å². The topological polar surface area (TPSA) is 84.7 Å². The monoisotopic (exact) mass is 373 g/mol. The van der Waals surface area contributed by atoms with Crippen LogP contribution >= 0.6 is 0 Å². The first kappa shape index (κ1) is 18.4. The Labute approximate surface area is 147 Å². The predicted molar refractivity (Wildman–Crippen MR) is 85.1 cm³/mol. The highest BCUT2D eigenvalue weighted by Crippen LogP contribution is 2.28. The van der Waals surface area contributed by atoms with E-state index in [2.05, 4.69) is 10.1 Å². The minimum Gasteiger partial charge on any atom is -0.484 e. The molecular formula is C16H18F3N3O4. The highest BCUT2D eigenvalue weighted by Gasteiger charge is 2.34. The molecule has 0 saturated carbocycles. The van der Waals surface area contributed by atoms with Gasteiger partial charge in [0.05, 0.1) is 4.92 Å². The van der Waals surface area contributed by atoms with E-state index in [4.69, 9.17) is 0 Å². The number of benzene rings is 1. The number of ether oxygens (including phenoxy) is 1. The highest BCUT2D eigenvalue weighted by atomic mass is 19.4. The number of nitrogens with one attached hydrogen (secondary N) is 1. The summed E-state index contributed by atoms with van der Waals surface area (Å²) in [6, 6.07) is 3.54. The Hall–Kier alpha value is -2.36. The molecule has 2 saturated heterocycles. The molecule has 1 N–H and O–H groups in total. The number of halogens is 3. The van der Waals surface area contributed by atoms with Crippen LogP contribution in [0.4, 0.5) is 18.9 Å². The SMILES string of the molecule is O=C(c1cc(OCC(F)(F)F)ccc1[N+](=O)[O-])N1CCC2CCC(C1)N2. The van der Waals surface area contributed by atoms with Crippen LogP contribution in [0.25, 0.3) is 0 Å². The van der Waals surface area contributed by atoms with Gasteiger partial charge in [0.2, 0.25) is 0 Å². The molecule has 2 bridgehead atoms. The van der Waals surface area contributed by atoms with Gasteiger partial charge in [0.1, 0.15) is 11.3 Å². The predicted octanol–water partition coefficient (Wildman–Crippen LogP) is 2.50. The minimum atomic E-state index is -4.54. The second kappa shape index (κ2) is 7.10. The normalized spacial score (nSPS) is 22.8. The number of carbonyl (C=O) groups is 1. The third-order valence-electron chi connectivity index (χ3n) is 4.61. The molecule has 2 atom stereocenters. The molecule has 7 nitrogen and oxygen atoms in total. The molecule has 1 aromatic carbocycles. The maximum atomic E-state index is 12.8. The molecule has 2 aliphatic rings. The summed E-state index contributed by atoms with van der Waals surface area (Å²) < 4.78 is 41.6. The number of amides is 1. The van der Waals surface area contributed by atoms with E-state index in [-0.39, 0.29) is 17.4 Å². The zero-order valence-electron chi connectivity index (χ0n) is 13.8. The van der Waals surface area contributed by atoms with Gasteiger partial charge in [-0.15, -0.1) is 0 Å². The first-order valence-electron chi connectivity index (χ1n) is 8.26. The number of alkyl halides is 3. The summed E-state index contributed by atoms with van der Waals surface area (Å²) in [6.07, 6.45) is -1.85. The zero-order chi connectivity index (χ0) is 18.9. The fraction of sp³-hybridized carbons (Fsp3) is 0.562. The Morgan fingerprint density at radius 1 is 1.31 bits per heavy atom. The fourth-order valence-corrected chi connectivity index (χ4v) is 3.40. The van der Waals surface area contributed by atoms with Gasteiger partial charge in [-0.05, 0) is 31.4 Å². The van der Waals surface area contributed by atoms with Gasteiger partial charge in [-0.1, -0.05) is 0 Å². The van der Waals surface area contributed by atoms with Crippen LogP contribution < -0.4 is 10.1 Å². The lowest BCUT2D eigenvalue weighted by Crippen LogP contribution is -2.39. The van der Waals surface area contributed by atoms with Crippen molar-refractivity contribution in [2.24, 2.45) is 0 Å². The molecule has 26 heavy (non-hydrogen) atoms. The van der Waals surface area contributed by atoms with Crippen LogP contribution in [0.3, 0.4) is 0 Å². The molecule has 1 aromatic rings. The smallest absolute Gasteiger partial charge is 0.422 e. The van der Waals surface area contributed by atoms with Crippen molar-refractivity contribution in [3.63, 3.8) is 0 Å². The lowest BCUT2D eigenvalue weighted by Gasteiger charge is -2.24. The molecule has 0 aromatic heterocycles. The van der Waals surface area contributed by atoms with Gasteiger partial charge in [0, 0.05) is 31.2 Å². The Morgan fingerprint density at radius 2 is 2.04 bits per heavy atom. The maximum Gasteiger partial charge on any atom is 0.422 e. The molecule has 1 amide bonds. The van der Waals surface area contributed by atoms with Crippen LogP contribution in [0.2, 0.25) is 0 Å². The van der Waals surface area contributed by atoms with Gasteiger partial charge in [-0.25, -0.2) is 0 Å². The first-order chi connectivity index (χ1) is 12.2. The van der Waals surface area contributed by atoms with Gasteiger partial charge >= 0.3 is 6.18 Å². The van der Waals surface area contributed by atoms with Crippen molar-refractivity contribution in [1.82, 2.24) is 10.2 Å². The summed E-state index contributed by atoms with van der Waals surface area (Å²) in [4.78, 5) is 24.9. The zero-order valence-corrected chi connectivity index (χ0v) is 13.8. The second-order valence-corrected chi connectivity index (χ2v) is 6.52. The summed E-state index contributed by atoms with van der Waals surface area (Å²) in [7, 11) is 0. The summed E-state index contributed by atoms with van der Waals surface area (Å²) in [5, 5.41) is 14.6. The maximum absolute atomic E-state index is 12.8. The molecule has 2 unspecified atom stereocenters. The average Bonchev–Trinajstić information content (AvgIpc) is 2.90. The first-order valence-corrected chi connectivity index (χ1v) is 8.26. The number of rotatable bonds is 4. The number of fused-ring (bicyclic) bond motifs is 2. The van der Waals surface area contributed by atoms with E-state index >= 15 is 0 Å². The third kappa shape index (κ3) is 4.24. The van der Waals surface area contributed by atoms with E-state index < -0.39 is 29.3 Å². The Bertz CT molecular complexity index is 710. The average molecular weight is 373 g/mol. The van der Waals surface area contributed by atoms with Gasteiger partial charge in [0.15, 0.2) is 6.61 Å². The van der Waals surface area contributed by atoms with Gasteiger partial charge in [0.25, 0.3) is 11.6 Å². The van der Waals surface area contributed by atoms with Gasteiger partial charge < -0.3 is 15.0 Å². The lowest BCUT2D eigenvalue weighted by atomic mass is 10.1. The quantitative estimate of drug-likeness (QED) is 0.648. The number of nitro benzene ring substituents is 1. The van der Waals surface area contributed by atoms with Crippen LogP contribution in [0.15, 0.2) is 18.2 Å². The molecular weight excluding hydrogens is 355 g/mol. The van der Waals surface area contributed by atoms with Crippen LogP contribution in [0.5, 0.6) is 5.75 Å². The molecule has 0 radical (unpaired) electrons. The van der Waals surface area contributed by atoms with Crippen LogP contribution in [-0.4, -0.2) is 53.7 Å². The summed E-state index contributed by atoms with van der Waals surface area (Å²) in [5.41, 5.74) is -0.704. The van der Waals surface area contributed by atoms with Crippen molar-refractivity contribution >= 4 is 11.6 Å². The third-order valence-corrected chi connectivity index (χ3v) is 4.61. The van der Waals surface area contributed by atoms with E-state index in [9.17, 15) is 28.1 Å². The molecule has 0 spiro atoms. The Morgan fingerprint density at radius 3 is 2.73 bits per heavy atom. The fourth-order valence-electron chi connectivity index (χ4n) is 3.40. The number of carbonyl (C=O) groups excluding carboxylic acids is 1. The number of nitrogens with zero attached hydrogens (tertiary/aromatic N) is 2. The molecule has 2 fully saturated rings. The standard InChI is InChI=1S/C16H18F3N3O4/c17-16(18,19)9-26-12-3-4-14(22(24)25)13(7-12)15(23)21-6-5-10-1-2-11(8-21)20-10/h3-4,7,10-11,20H,1-2,5-6,8-9H2. The molecule has 142 valence electrons. The Balaban J connectivity index is 1.83. The van der Waals surface area contributed by atoms with E-state index in [1.54, 1.807) is 0 Å². The van der Waals surface area contributed by atoms with E-state index in [1.165, 1.54) is 4.90 Å². The van der Waals surface area contributed by atoms with E-state index in [0.717, 1.165) is 37.5 Å². The van der Waals surface area contributed by atoms with Crippen molar-refractivity contribution in [1.29, 1.82) is 0 Å². The van der Waals surface area contributed by atoms with Crippen molar-refractivity contribution in [2.45, 2.75) is 37.5 Å². The van der Waals surface area contributed by atoms with Crippen LogP contribution in [-0.2, 0) is 0 Å². The molecule has 3 rings (SSSR count). The van der Waals surface area contributed by atoms with Crippen LogP contribution in [0, 0.1) is 10.1 Å². The molecule has 10 heteroatoms. The second-order valence-electron chi connectivity index (χ2n) is 6.52. The molecule has 2 heterocycles. The van der Waals surface area contributed by atoms with Gasteiger partial charge in [-0.3, -0.25) is 14.9 Å². The highest BCUT2D eigenvalue weighted by molar-refractivity contribution is 5.98. The largest absolute Gasteiger partial charge is 0.484 e. The number of hydrogen-bond acceptors (Lipinski definition) is 5. The van der Waals surface area contributed by atoms with E-state index in [0.29, 0.717) is 19.1 Å². The van der Waals surface area contributed by atoms with Crippen molar-refractivity contribution in [3.05, 3.63) is 33.9 Å². The minimum absolute atomic E-state index is 0.134. The molecule has 0 aliphatic carbocycles.